The molecule has 3 heteroatoms. The number of nitrogens with one attached hydrogen (secondary N) is 1. The van der Waals surface area contributed by atoms with Crippen LogP contribution in [0.25, 0.3) is 0 Å². The van der Waals surface area contributed by atoms with Crippen LogP contribution in [0, 0.1) is 17.2 Å². The van der Waals surface area contributed by atoms with Gasteiger partial charge in [-0.2, -0.15) is 0 Å². The van der Waals surface area contributed by atoms with Gasteiger partial charge in [-0.1, -0.05) is 33.8 Å². The quantitative estimate of drug-likeness (QED) is 0.875. The Bertz CT molecular complexity index is 458. The van der Waals surface area contributed by atoms with Crippen LogP contribution in [0.5, 0.6) is 0 Å². The molecule has 1 aliphatic rings. The van der Waals surface area contributed by atoms with Crippen LogP contribution in [0.1, 0.15) is 46.1 Å². The summed E-state index contributed by atoms with van der Waals surface area (Å²) in [6, 6.07) is 5.67. The minimum atomic E-state index is -0.0847. The average Bonchev–Trinajstić information content (AvgIpc) is 2.39. The third-order valence-corrected chi connectivity index (χ3v) is 4.35. The van der Waals surface area contributed by atoms with Gasteiger partial charge in [0.2, 0.25) is 0 Å². The fourth-order valence-corrected chi connectivity index (χ4v) is 2.77. The van der Waals surface area contributed by atoms with E-state index in [4.69, 9.17) is 0 Å². The van der Waals surface area contributed by atoms with Gasteiger partial charge in [0.05, 0.1) is 5.69 Å². The molecule has 118 valence electrons. The summed E-state index contributed by atoms with van der Waals surface area (Å²) in [5, 5.41) is 3.36. The average molecular weight is 292 g/mol. The number of hydrogen-bond acceptors (Lipinski definition) is 2. The number of piperidine rings is 1. The Morgan fingerprint density at radius 1 is 1.24 bits per heavy atom. The number of anilines is 1. The Labute approximate surface area is 128 Å². The molecule has 0 spiro atoms. The predicted molar refractivity (Wildman–Crippen MR) is 88.2 cm³/mol. The van der Waals surface area contributed by atoms with E-state index in [0.717, 1.165) is 50.3 Å². The van der Waals surface area contributed by atoms with Gasteiger partial charge in [-0.3, -0.25) is 0 Å². The molecule has 0 aromatic heterocycles. The Morgan fingerprint density at radius 3 is 2.48 bits per heavy atom. The van der Waals surface area contributed by atoms with Crippen molar-refractivity contribution in [3.05, 3.63) is 29.6 Å². The standard InChI is InChI=1S/C18H29FN2/c1-14(2)12-20-13-15-5-6-17(16(19)11-15)21-9-7-18(3,4)8-10-21/h5-6,11,14,20H,7-10,12-13H2,1-4H3. The number of benzene rings is 1. The first-order valence-electron chi connectivity index (χ1n) is 8.11. The van der Waals surface area contributed by atoms with Gasteiger partial charge in [-0.15, -0.1) is 0 Å². The molecular weight excluding hydrogens is 263 g/mol. The third-order valence-electron chi connectivity index (χ3n) is 4.35. The summed E-state index contributed by atoms with van der Waals surface area (Å²) in [4.78, 5) is 2.19. The van der Waals surface area contributed by atoms with Crippen molar-refractivity contribution in [1.82, 2.24) is 5.32 Å². The molecule has 0 unspecified atom stereocenters. The van der Waals surface area contributed by atoms with Gasteiger partial charge >= 0.3 is 0 Å². The van der Waals surface area contributed by atoms with Gasteiger partial charge in [-0.25, -0.2) is 4.39 Å². The fourth-order valence-electron chi connectivity index (χ4n) is 2.77. The number of rotatable bonds is 5. The zero-order chi connectivity index (χ0) is 15.5. The minimum absolute atomic E-state index is 0.0847. The summed E-state index contributed by atoms with van der Waals surface area (Å²) in [6.45, 7) is 12.5. The van der Waals surface area contributed by atoms with Crippen LogP contribution < -0.4 is 10.2 Å². The Kier molecular flexibility index (Phi) is 5.26. The highest BCUT2D eigenvalue weighted by Gasteiger charge is 2.26. The maximum atomic E-state index is 14.3. The van der Waals surface area contributed by atoms with Crippen molar-refractivity contribution in [3.8, 4) is 0 Å². The van der Waals surface area contributed by atoms with Crippen molar-refractivity contribution in [3.63, 3.8) is 0 Å². The van der Waals surface area contributed by atoms with Crippen LogP contribution in [-0.4, -0.2) is 19.6 Å². The van der Waals surface area contributed by atoms with E-state index < -0.39 is 0 Å². The molecule has 0 bridgehead atoms. The second-order valence-electron chi connectivity index (χ2n) is 7.46. The van der Waals surface area contributed by atoms with Crippen molar-refractivity contribution in [2.75, 3.05) is 24.5 Å². The van der Waals surface area contributed by atoms with Gasteiger partial charge in [0.25, 0.3) is 0 Å². The van der Waals surface area contributed by atoms with E-state index in [2.05, 4.69) is 37.9 Å². The van der Waals surface area contributed by atoms with Crippen LogP contribution in [0.2, 0.25) is 0 Å². The summed E-state index contributed by atoms with van der Waals surface area (Å²) in [5.74, 6) is 0.532. The zero-order valence-corrected chi connectivity index (χ0v) is 13.9. The zero-order valence-electron chi connectivity index (χ0n) is 13.9. The maximum absolute atomic E-state index is 14.3. The van der Waals surface area contributed by atoms with E-state index in [1.165, 1.54) is 0 Å². The number of hydrogen-bond donors (Lipinski definition) is 1. The van der Waals surface area contributed by atoms with Crippen molar-refractivity contribution in [1.29, 1.82) is 0 Å². The summed E-state index contributed by atoms with van der Waals surface area (Å²) in [5.41, 5.74) is 2.18. The smallest absolute Gasteiger partial charge is 0.146 e. The summed E-state index contributed by atoms with van der Waals surface area (Å²) >= 11 is 0. The molecule has 1 N–H and O–H groups in total. The third kappa shape index (κ3) is 4.70. The molecule has 2 nitrogen and oxygen atoms in total. The van der Waals surface area contributed by atoms with Crippen LogP contribution in [0.3, 0.4) is 0 Å². The highest BCUT2D eigenvalue weighted by molar-refractivity contribution is 5.49. The molecule has 0 aliphatic carbocycles. The highest BCUT2D eigenvalue weighted by Crippen LogP contribution is 2.33. The Morgan fingerprint density at radius 2 is 1.90 bits per heavy atom. The molecule has 0 radical (unpaired) electrons. The molecule has 0 saturated carbocycles. The van der Waals surface area contributed by atoms with Gasteiger partial charge < -0.3 is 10.2 Å². The highest BCUT2D eigenvalue weighted by atomic mass is 19.1. The van der Waals surface area contributed by atoms with Crippen molar-refractivity contribution < 1.29 is 4.39 Å². The van der Waals surface area contributed by atoms with Gasteiger partial charge in [-0.05, 0) is 48.4 Å². The first-order valence-corrected chi connectivity index (χ1v) is 8.11. The molecule has 1 aromatic carbocycles. The summed E-state index contributed by atoms with van der Waals surface area (Å²) in [7, 11) is 0. The first kappa shape index (κ1) is 16.3. The second kappa shape index (κ2) is 6.78. The van der Waals surface area contributed by atoms with Crippen LogP contribution >= 0.6 is 0 Å². The first-order chi connectivity index (χ1) is 9.87. The molecule has 1 heterocycles. The Balaban J connectivity index is 1.96. The topological polar surface area (TPSA) is 15.3 Å². The van der Waals surface area contributed by atoms with E-state index >= 15 is 0 Å². The lowest BCUT2D eigenvalue weighted by Crippen LogP contribution is -2.37. The lowest BCUT2D eigenvalue weighted by Gasteiger charge is -2.38. The molecule has 1 aliphatic heterocycles. The monoisotopic (exact) mass is 292 g/mol. The largest absolute Gasteiger partial charge is 0.369 e. The maximum Gasteiger partial charge on any atom is 0.146 e. The second-order valence-corrected chi connectivity index (χ2v) is 7.46. The van der Waals surface area contributed by atoms with Crippen LogP contribution in [-0.2, 0) is 6.54 Å². The fraction of sp³-hybridized carbons (Fsp3) is 0.667. The number of nitrogens with zero attached hydrogens (tertiary/aromatic N) is 1. The van der Waals surface area contributed by atoms with Gasteiger partial charge in [0.1, 0.15) is 5.82 Å². The van der Waals surface area contributed by atoms with Gasteiger partial charge in [0.15, 0.2) is 0 Å². The molecule has 1 fully saturated rings. The van der Waals surface area contributed by atoms with E-state index in [-0.39, 0.29) is 5.82 Å². The molecule has 21 heavy (non-hydrogen) atoms. The molecular formula is C18H29FN2. The predicted octanol–water partition coefficient (Wildman–Crippen LogP) is 4.20. The van der Waals surface area contributed by atoms with Crippen LogP contribution in [0.4, 0.5) is 10.1 Å². The normalized spacial score (nSPS) is 18.3. The van der Waals surface area contributed by atoms with Gasteiger partial charge in [0, 0.05) is 19.6 Å². The summed E-state index contributed by atoms with van der Waals surface area (Å²) in [6.07, 6.45) is 2.26. The molecule has 1 aromatic rings. The Hall–Kier alpha value is -1.09. The van der Waals surface area contributed by atoms with Crippen molar-refractivity contribution >= 4 is 5.69 Å². The molecule has 1 saturated heterocycles. The summed E-state index contributed by atoms with van der Waals surface area (Å²) < 4.78 is 14.3. The SMILES string of the molecule is CC(C)CNCc1ccc(N2CCC(C)(C)CC2)c(F)c1. The van der Waals surface area contributed by atoms with E-state index in [1.54, 1.807) is 6.07 Å². The van der Waals surface area contributed by atoms with E-state index in [1.807, 2.05) is 12.1 Å². The molecule has 2 rings (SSSR count). The number of halogens is 1. The van der Waals surface area contributed by atoms with Crippen molar-refractivity contribution in [2.45, 2.75) is 47.1 Å². The van der Waals surface area contributed by atoms with E-state index in [0.29, 0.717) is 11.3 Å². The molecule has 0 amide bonds. The van der Waals surface area contributed by atoms with Crippen molar-refractivity contribution in [2.24, 2.45) is 11.3 Å². The van der Waals surface area contributed by atoms with E-state index in [9.17, 15) is 4.39 Å². The lowest BCUT2D eigenvalue weighted by atomic mass is 9.82. The molecule has 0 atom stereocenters. The minimum Gasteiger partial charge on any atom is -0.369 e. The van der Waals surface area contributed by atoms with Crippen LogP contribution in [0.15, 0.2) is 18.2 Å². The lowest BCUT2D eigenvalue weighted by molar-refractivity contribution is 0.279.